The highest BCUT2D eigenvalue weighted by Gasteiger charge is 2.31. The topological polar surface area (TPSA) is 22.1 Å². The average Bonchev–Trinajstić information content (AvgIpc) is 2.25. The lowest BCUT2D eigenvalue weighted by Gasteiger charge is -2.10. The van der Waals surface area contributed by atoms with E-state index in [0.29, 0.717) is 11.1 Å². The van der Waals surface area contributed by atoms with Crippen LogP contribution in [0.15, 0.2) is 36.4 Å². The molecule has 0 fully saturated rings. The van der Waals surface area contributed by atoms with Gasteiger partial charge in [0.15, 0.2) is 0 Å². The van der Waals surface area contributed by atoms with Crippen molar-refractivity contribution >= 4 is 23.2 Å². The van der Waals surface area contributed by atoms with Gasteiger partial charge in [-0.15, -0.1) is 13.2 Å². The summed E-state index contributed by atoms with van der Waals surface area (Å²) in [6.07, 6.45) is -4.73. The first-order valence-electron chi connectivity index (χ1n) is 5.03. The summed E-state index contributed by atoms with van der Waals surface area (Å²) in [5, 5.41) is 0.314. The highest BCUT2D eigenvalue weighted by Crippen LogP contribution is 2.29. The number of pyridine rings is 1. The van der Waals surface area contributed by atoms with Crippen molar-refractivity contribution < 1.29 is 17.9 Å². The van der Waals surface area contributed by atoms with Gasteiger partial charge < -0.3 is 4.74 Å². The second kappa shape index (κ2) is 5.27. The van der Waals surface area contributed by atoms with Crippen LogP contribution in [0.2, 0.25) is 10.3 Å². The van der Waals surface area contributed by atoms with Crippen LogP contribution in [0.4, 0.5) is 13.2 Å². The highest BCUT2D eigenvalue weighted by atomic mass is 35.5. The standard InChI is InChI=1S/C12H6Cl2F3NO/c13-10-5-8(6-11(14)18-10)7-2-1-3-9(4-7)19-12(15,16)17/h1-6H. The monoisotopic (exact) mass is 307 g/mol. The number of hydrogen-bond acceptors (Lipinski definition) is 2. The van der Waals surface area contributed by atoms with Crippen LogP contribution in [0.5, 0.6) is 5.75 Å². The van der Waals surface area contributed by atoms with Gasteiger partial charge in [0.1, 0.15) is 16.1 Å². The van der Waals surface area contributed by atoms with Gasteiger partial charge in [0.25, 0.3) is 0 Å². The minimum Gasteiger partial charge on any atom is -0.406 e. The van der Waals surface area contributed by atoms with Gasteiger partial charge in [-0.1, -0.05) is 35.3 Å². The summed E-state index contributed by atoms with van der Waals surface area (Å²) < 4.78 is 40.2. The summed E-state index contributed by atoms with van der Waals surface area (Å²) in [7, 11) is 0. The van der Waals surface area contributed by atoms with Crippen LogP contribution in [0.3, 0.4) is 0 Å². The molecule has 0 aliphatic rings. The third-order valence-electron chi connectivity index (χ3n) is 2.16. The van der Waals surface area contributed by atoms with Crippen molar-refractivity contribution in [3.63, 3.8) is 0 Å². The Bertz CT molecular complexity index is 582. The third kappa shape index (κ3) is 4.01. The van der Waals surface area contributed by atoms with E-state index in [0.717, 1.165) is 0 Å². The Morgan fingerprint density at radius 1 is 0.947 bits per heavy atom. The molecule has 1 aromatic heterocycles. The Balaban J connectivity index is 2.37. The summed E-state index contributed by atoms with van der Waals surface area (Å²) >= 11 is 11.5. The van der Waals surface area contributed by atoms with Gasteiger partial charge in [-0.05, 0) is 35.4 Å². The molecule has 2 aromatic rings. The molecule has 0 saturated carbocycles. The zero-order valence-corrected chi connectivity index (χ0v) is 10.7. The van der Waals surface area contributed by atoms with Crippen molar-refractivity contribution in [2.75, 3.05) is 0 Å². The third-order valence-corrected chi connectivity index (χ3v) is 2.55. The molecule has 2 nitrogen and oxygen atoms in total. The Hall–Kier alpha value is -1.46. The van der Waals surface area contributed by atoms with E-state index in [9.17, 15) is 13.2 Å². The molecule has 0 aliphatic carbocycles. The second-order valence-electron chi connectivity index (χ2n) is 3.58. The maximum Gasteiger partial charge on any atom is 0.573 e. The van der Waals surface area contributed by atoms with Crippen LogP contribution < -0.4 is 4.74 Å². The van der Waals surface area contributed by atoms with Crippen LogP contribution in [0.25, 0.3) is 11.1 Å². The van der Waals surface area contributed by atoms with Crippen LogP contribution in [0, 0.1) is 0 Å². The molecule has 1 heterocycles. The van der Waals surface area contributed by atoms with E-state index in [-0.39, 0.29) is 16.1 Å². The molecule has 0 spiro atoms. The van der Waals surface area contributed by atoms with Gasteiger partial charge in [0.2, 0.25) is 0 Å². The molecule has 19 heavy (non-hydrogen) atoms. The summed E-state index contributed by atoms with van der Waals surface area (Å²) in [6, 6.07) is 8.51. The van der Waals surface area contributed by atoms with E-state index in [1.807, 2.05) is 0 Å². The van der Waals surface area contributed by atoms with Crippen LogP contribution in [-0.2, 0) is 0 Å². The fourth-order valence-corrected chi connectivity index (χ4v) is 1.96. The quantitative estimate of drug-likeness (QED) is 0.732. The lowest BCUT2D eigenvalue weighted by atomic mass is 10.1. The number of aromatic nitrogens is 1. The van der Waals surface area contributed by atoms with Gasteiger partial charge in [-0.25, -0.2) is 4.98 Å². The molecule has 0 N–H and O–H groups in total. The van der Waals surface area contributed by atoms with Gasteiger partial charge in [0.05, 0.1) is 0 Å². The molecule has 100 valence electrons. The fourth-order valence-electron chi connectivity index (χ4n) is 1.50. The Morgan fingerprint density at radius 3 is 2.16 bits per heavy atom. The van der Waals surface area contributed by atoms with E-state index in [1.165, 1.54) is 30.3 Å². The molecular formula is C12H6Cl2F3NO. The minimum absolute atomic E-state index is 0.157. The number of halogens is 5. The van der Waals surface area contributed by atoms with Gasteiger partial charge in [-0.3, -0.25) is 0 Å². The lowest BCUT2D eigenvalue weighted by Crippen LogP contribution is -2.17. The van der Waals surface area contributed by atoms with Crippen LogP contribution >= 0.6 is 23.2 Å². The van der Waals surface area contributed by atoms with Crippen molar-refractivity contribution in [3.8, 4) is 16.9 Å². The molecule has 2 rings (SSSR count). The number of rotatable bonds is 2. The summed E-state index contributed by atoms with van der Waals surface area (Å²) in [5.74, 6) is -0.311. The van der Waals surface area contributed by atoms with Crippen LogP contribution in [0.1, 0.15) is 0 Å². The summed E-state index contributed by atoms with van der Waals surface area (Å²) in [4.78, 5) is 3.76. The van der Waals surface area contributed by atoms with Crippen LogP contribution in [-0.4, -0.2) is 11.3 Å². The molecule has 1 aromatic carbocycles. The maximum atomic E-state index is 12.1. The molecular weight excluding hydrogens is 302 g/mol. The maximum absolute atomic E-state index is 12.1. The fraction of sp³-hybridized carbons (Fsp3) is 0.0833. The number of benzene rings is 1. The molecule has 0 saturated heterocycles. The van der Waals surface area contributed by atoms with Gasteiger partial charge >= 0.3 is 6.36 Å². The average molecular weight is 308 g/mol. The molecule has 0 bridgehead atoms. The second-order valence-corrected chi connectivity index (χ2v) is 4.35. The summed E-state index contributed by atoms with van der Waals surface area (Å²) in [6.45, 7) is 0. The van der Waals surface area contributed by atoms with Crippen molar-refractivity contribution in [1.29, 1.82) is 0 Å². The predicted molar refractivity (Wildman–Crippen MR) is 66.4 cm³/mol. The number of hydrogen-bond donors (Lipinski definition) is 0. The number of nitrogens with zero attached hydrogens (tertiary/aromatic N) is 1. The molecule has 7 heteroatoms. The number of ether oxygens (including phenoxy) is 1. The molecule has 0 radical (unpaired) electrons. The van der Waals surface area contributed by atoms with E-state index in [1.54, 1.807) is 6.07 Å². The Kier molecular flexibility index (Phi) is 3.87. The van der Waals surface area contributed by atoms with E-state index < -0.39 is 6.36 Å². The first-order chi connectivity index (χ1) is 8.83. The molecule has 0 atom stereocenters. The normalized spacial score (nSPS) is 11.4. The van der Waals surface area contributed by atoms with Gasteiger partial charge in [-0.2, -0.15) is 0 Å². The summed E-state index contributed by atoms with van der Waals surface area (Å²) in [5.41, 5.74) is 1.05. The molecule has 0 unspecified atom stereocenters. The van der Waals surface area contributed by atoms with Crippen molar-refractivity contribution in [2.45, 2.75) is 6.36 Å². The lowest BCUT2D eigenvalue weighted by molar-refractivity contribution is -0.274. The predicted octanol–water partition coefficient (Wildman–Crippen LogP) is 4.95. The minimum atomic E-state index is -4.73. The Labute approximate surface area is 116 Å². The smallest absolute Gasteiger partial charge is 0.406 e. The van der Waals surface area contributed by atoms with Crippen molar-refractivity contribution in [3.05, 3.63) is 46.7 Å². The zero-order valence-electron chi connectivity index (χ0n) is 9.21. The van der Waals surface area contributed by atoms with E-state index in [2.05, 4.69) is 9.72 Å². The molecule has 0 aliphatic heterocycles. The van der Waals surface area contributed by atoms with Crippen molar-refractivity contribution in [2.24, 2.45) is 0 Å². The first kappa shape index (κ1) is 14.0. The SMILES string of the molecule is FC(F)(F)Oc1cccc(-c2cc(Cl)nc(Cl)c2)c1. The zero-order chi connectivity index (χ0) is 14.0. The number of alkyl halides is 3. The van der Waals surface area contributed by atoms with E-state index in [4.69, 9.17) is 23.2 Å². The van der Waals surface area contributed by atoms with E-state index >= 15 is 0 Å². The molecule has 0 amide bonds. The Morgan fingerprint density at radius 2 is 1.58 bits per heavy atom. The highest BCUT2D eigenvalue weighted by molar-refractivity contribution is 6.32. The largest absolute Gasteiger partial charge is 0.573 e. The van der Waals surface area contributed by atoms with Gasteiger partial charge in [0, 0.05) is 0 Å². The first-order valence-corrected chi connectivity index (χ1v) is 5.78. The van der Waals surface area contributed by atoms with Crippen molar-refractivity contribution in [1.82, 2.24) is 4.98 Å².